The Morgan fingerprint density at radius 1 is 1.44 bits per heavy atom. The lowest BCUT2D eigenvalue weighted by Crippen LogP contribution is -2.55. The molecule has 0 aliphatic carbocycles. The summed E-state index contributed by atoms with van der Waals surface area (Å²) in [6, 6.07) is -0.424. The molecule has 0 fully saturated rings. The summed E-state index contributed by atoms with van der Waals surface area (Å²) in [5.41, 5.74) is -1.18. The molecule has 2 amide bonds. The van der Waals surface area contributed by atoms with E-state index >= 15 is 0 Å². The standard InChI is InChI=1S/C10H20N2O3S/c1-4-5-10(2,8(13)14)12-9(15)11-6-7-16-3/h4-7H2,1-3H3,(H,13,14)(H2,11,12,15). The van der Waals surface area contributed by atoms with Gasteiger partial charge in [0, 0.05) is 12.3 Å². The van der Waals surface area contributed by atoms with E-state index < -0.39 is 17.5 Å². The fraction of sp³-hybridized carbons (Fsp3) is 0.800. The Labute approximate surface area is 100 Å². The van der Waals surface area contributed by atoms with Crippen molar-refractivity contribution in [3.63, 3.8) is 0 Å². The fourth-order valence-corrected chi connectivity index (χ4v) is 1.59. The summed E-state index contributed by atoms with van der Waals surface area (Å²) in [7, 11) is 0. The highest BCUT2D eigenvalue weighted by atomic mass is 32.2. The van der Waals surface area contributed by atoms with Gasteiger partial charge in [0.1, 0.15) is 5.54 Å². The molecule has 1 atom stereocenters. The first kappa shape index (κ1) is 15.1. The second-order valence-electron chi connectivity index (χ2n) is 3.76. The number of rotatable bonds is 7. The fourth-order valence-electron chi connectivity index (χ4n) is 1.28. The molecule has 6 heteroatoms. The Kier molecular flexibility index (Phi) is 6.96. The zero-order valence-corrected chi connectivity index (χ0v) is 10.8. The molecule has 0 heterocycles. The number of carboxylic acids is 1. The summed E-state index contributed by atoms with van der Waals surface area (Å²) in [6.07, 6.45) is 3.06. The van der Waals surface area contributed by atoms with E-state index in [-0.39, 0.29) is 0 Å². The first-order valence-corrected chi connectivity index (χ1v) is 6.64. The molecular formula is C10H20N2O3S. The third-order valence-electron chi connectivity index (χ3n) is 2.20. The summed E-state index contributed by atoms with van der Waals surface area (Å²) in [4.78, 5) is 22.4. The molecule has 94 valence electrons. The first-order valence-electron chi connectivity index (χ1n) is 5.24. The van der Waals surface area contributed by atoms with Crippen LogP contribution in [0.15, 0.2) is 0 Å². The molecule has 0 aromatic carbocycles. The van der Waals surface area contributed by atoms with Crippen LogP contribution in [0.2, 0.25) is 0 Å². The number of carboxylic acid groups (broad SMARTS) is 1. The van der Waals surface area contributed by atoms with Crippen molar-refractivity contribution < 1.29 is 14.7 Å². The topological polar surface area (TPSA) is 78.4 Å². The van der Waals surface area contributed by atoms with E-state index in [9.17, 15) is 9.59 Å². The van der Waals surface area contributed by atoms with Crippen molar-refractivity contribution >= 4 is 23.8 Å². The molecule has 3 N–H and O–H groups in total. The van der Waals surface area contributed by atoms with Crippen LogP contribution in [0.4, 0.5) is 4.79 Å². The number of hydrogen-bond donors (Lipinski definition) is 3. The summed E-state index contributed by atoms with van der Waals surface area (Å²) < 4.78 is 0. The van der Waals surface area contributed by atoms with Crippen molar-refractivity contribution in [1.82, 2.24) is 10.6 Å². The van der Waals surface area contributed by atoms with Crippen molar-refractivity contribution in [2.24, 2.45) is 0 Å². The molecular weight excluding hydrogens is 228 g/mol. The van der Waals surface area contributed by atoms with E-state index in [0.29, 0.717) is 19.4 Å². The molecule has 0 radical (unpaired) electrons. The van der Waals surface area contributed by atoms with Crippen molar-refractivity contribution in [3.05, 3.63) is 0 Å². The number of amides is 2. The Balaban J connectivity index is 4.19. The van der Waals surface area contributed by atoms with Gasteiger partial charge in [-0.3, -0.25) is 0 Å². The Morgan fingerprint density at radius 2 is 2.06 bits per heavy atom. The lowest BCUT2D eigenvalue weighted by molar-refractivity contribution is -0.144. The lowest BCUT2D eigenvalue weighted by Gasteiger charge is -2.25. The van der Waals surface area contributed by atoms with Gasteiger partial charge in [0.05, 0.1) is 0 Å². The predicted molar refractivity (Wildman–Crippen MR) is 65.9 cm³/mol. The van der Waals surface area contributed by atoms with Crippen LogP contribution in [0, 0.1) is 0 Å². The maximum atomic E-state index is 11.4. The van der Waals surface area contributed by atoms with Crippen LogP contribution in [0.25, 0.3) is 0 Å². The van der Waals surface area contributed by atoms with Gasteiger partial charge in [0.25, 0.3) is 0 Å². The van der Waals surface area contributed by atoms with Gasteiger partial charge >= 0.3 is 12.0 Å². The van der Waals surface area contributed by atoms with E-state index in [4.69, 9.17) is 5.11 Å². The average molecular weight is 248 g/mol. The van der Waals surface area contributed by atoms with Crippen molar-refractivity contribution in [2.45, 2.75) is 32.2 Å². The largest absolute Gasteiger partial charge is 0.480 e. The first-order chi connectivity index (χ1) is 7.46. The Hall–Kier alpha value is -0.910. The van der Waals surface area contributed by atoms with Gasteiger partial charge in [-0.25, -0.2) is 9.59 Å². The maximum Gasteiger partial charge on any atom is 0.329 e. The zero-order valence-electron chi connectivity index (χ0n) is 10.0. The molecule has 0 aliphatic rings. The molecule has 0 saturated heterocycles. The van der Waals surface area contributed by atoms with E-state index in [1.54, 1.807) is 11.8 Å². The van der Waals surface area contributed by atoms with Gasteiger partial charge in [-0.2, -0.15) is 11.8 Å². The van der Waals surface area contributed by atoms with Gasteiger partial charge in [0.2, 0.25) is 0 Å². The molecule has 0 rings (SSSR count). The normalized spacial score (nSPS) is 13.9. The second-order valence-corrected chi connectivity index (χ2v) is 4.75. The summed E-state index contributed by atoms with van der Waals surface area (Å²) in [5.74, 6) is -0.195. The Morgan fingerprint density at radius 3 is 2.50 bits per heavy atom. The van der Waals surface area contributed by atoms with Gasteiger partial charge in [-0.15, -0.1) is 0 Å². The molecule has 0 spiro atoms. The highest BCUT2D eigenvalue weighted by Crippen LogP contribution is 2.12. The summed E-state index contributed by atoms with van der Waals surface area (Å²) >= 11 is 1.62. The number of urea groups is 1. The maximum absolute atomic E-state index is 11.4. The van der Waals surface area contributed by atoms with E-state index in [0.717, 1.165) is 5.75 Å². The number of carbonyl (C=O) groups excluding carboxylic acids is 1. The van der Waals surface area contributed by atoms with Gasteiger partial charge in [-0.05, 0) is 19.6 Å². The van der Waals surface area contributed by atoms with Crippen molar-refractivity contribution in [1.29, 1.82) is 0 Å². The lowest BCUT2D eigenvalue weighted by atomic mass is 9.97. The summed E-state index contributed by atoms with van der Waals surface area (Å²) in [6.45, 7) is 3.94. The van der Waals surface area contributed by atoms with Crippen molar-refractivity contribution in [2.75, 3.05) is 18.6 Å². The molecule has 0 aromatic heterocycles. The van der Waals surface area contributed by atoms with Gasteiger partial charge in [-0.1, -0.05) is 13.3 Å². The Bertz CT molecular complexity index is 248. The number of hydrogen-bond acceptors (Lipinski definition) is 3. The van der Waals surface area contributed by atoms with Gasteiger partial charge in [0.15, 0.2) is 0 Å². The molecule has 16 heavy (non-hydrogen) atoms. The van der Waals surface area contributed by atoms with E-state index in [2.05, 4.69) is 10.6 Å². The van der Waals surface area contributed by atoms with Crippen LogP contribution in [0.1, 0.15) is 26.7 Å². The summed E-state index contributed by atoms with van der Waals surface area (Å²) in [5, 5.41) is 14.1. The van der Waals surface area contributed by atoms with Crippen molar-refractivity contribution in [3.8, 4) is 0 Å². The SMILES string of the molecule is CCCC(C)(NC(=O)NCCSC)C(=O)O. The number of carbonyl (C=O) groups is 2. The van der Waals surface area contributed by atoms with Crippen LogP contribution in [0.5, 0.6) is 0 Å². The highest BCUT2D eigenvalue weighted by Gasteiger charge is 2.33. The molecule has 5 nitrogen and oxygen atoms in total. The quantitative estimate of drug-likeness (QED) is 0.593. The third kappa shape index (κ3) is 5.25. The monoisotopic (exact) mass is 248 g/mol. The molecule has 0 saturated carbocycles. The van der Waals surface area contributed by atoms with Gasteiger partial charge < -0.3 is 15.7 Å². The average Bonchev–Trinajstić information content (AvgIpc) is 2.18. The van der Waals surface area contributed by atoms with Crippen LogP contribution >= 0.6 is 11.8 Å². The third-order valence-corrected chi connectivity index (χ3v) is 2.82. The van der Waals surface area contributed by atoms with Crippen LogP contribution in [-0.4, -0.2) is 41.2 Å². The smallest absolute Gasteiger partial charge is 0.329 e. The van der Waals surface area contributed by atoms with Crippen LogP contribution in [0.3, 0.4) is 0 Å². The second kappa shape index (κ2) is 7.38. The van der Waals surface area contributed by atoms with Crippen LogP contribution < -0.4 is 10.6 Å². The molecule has 0 aliphatic heterocycles. The highest BCUT2D eigenvalue weighted by molar-refractivity contribution is 7.98. The van der Waals surface area contributed by atoms with Crippen LogP contribution in [-0.2, 0) is 4.79 Å². The number of aliphatic carboxylic acids is 1. The van der Waals surface area contributed by atoms with E-state index in [1.807, 2.05) is 13.2 Å². The molecule has 0 aromatic rings. The number of nitrogens with one attached hydrogen (secondary N) is 2. The minimum absolute atomic E-state index is 0.415. The minimum Gasteiger partial charge on any atom is -0.480 e. The molecule has 0 bridgehead atoms. The minimum atomic E-state index is -1.18. The molecule has 1 unspecified atom stereocenters. The predicted octanol–water partition coefficient (Wildman–Crippen LogP) is 1.29. The zero-order chi connectivity index (χ0) is 12.6. The number of thioether (sulfide) groups is 1. The van der Waals surface area contributed by atoms with E-state index in [1.165, 1.54) is 6.92 Å².